The van der Waals surface area contributed by atoms with Crippen molar-refractivity contribution < 1.29 is 13.9 Å². The molecular formula is C20H22FN3O2. The van der Waals surface area contributed by atoms with Crippen LogP contribution in [0.5, 0.6) is 0 Å². The number of halogens is 1. The number of likely N-dealkylation sites (tertiary alicyclic amines) is 1. The molecule has 0 unspecified atom stereocenters. The van der Waals surface area contributed by atoms with Crippen molar-refractivity contribution in [3.05, 3.63) is 47.9 Å². The minimum absolute atomic E-state index is 0.0533. The normalized spacial score (nSPS) is 18.6. The summed E-state index contributed by atoms with van der Waals surface area (Å²) in [5.41, 5.74) is 8.84. The van der Waals surface area contributed by atoms with E-state index in [-0.39, 0.29) is 23.6 Å². The van der Waals surface area contributed by atoms with Crippen LogP contribution in [-0.2, 0) is 16.0 Å². The molecule has 6 heteroatoms. The lowest BCUT2D eigenvalue weighted by atomic mass is 9.73. The van der Waals surface area contributed by atoms with Crippen LogP contribution in [0.4, 0.5) is 10.1 Å². The molecule has 5 nitrogen and oxygen atoms in total. The van der Waals surface area contributed by atoms with E-state index in [2.05, 4.69) is 4.98 Å². The van der Waals surface area contributed by atoms with Gasteiger partial charge in [0.05, 0.1) is 23.5 Å². The Balaban J connectivity index is 1.45. The Morgan fingerprint density at radius 1 is 1.15 bits per heavy atom. The second kappa shape index (κ2) is 6.68. The number of nitrogens with two attached hydrogens (primary N) is 1. The fourth-order valence-corrected chi connectivity index (χ4v) is 3.75. The van der Waals surface area contributed by atoms with E-state index in [4.69, 9.17) is 10.5 Å². The summed E-state index contributed by atoms with van der Waals surface area (Å²) < 4.78 is 18.5. The van der Waals surface area contributed by atoms with Crippen LogP contribution in [0.2, 0.25) is 0 Å². The number of ether oxygens (including phenoxy) is 1. The van der Waals surface area contributed by atoms with Gasteiger partial charge in [0, 0.05) is 37.3 Å². The van der Waals surface area contributed by atoms with Crippen molar-refractivity contribution in [2.75, 3.05) is 32.0 Å². The number of amides is 1. The second-order valence-electron chi connectivity index (χ2n) is 7.28. The molecule has 3 heterocycles. The molecule has 0 atom stereocenters. The molecule has 2 N–H and O–H groups in total. The first-order valence-corrected chi connectivity index (χ1v) is 8.92. The third kappa shape index (κ3) is 3.29. The molecule has 0 aliphatic carbocycles. The van der Waals surface area contributed by atoms with Crippen LogP contribution in [0, 0.1) is 11.2 Å². The van der Waals surface area contributed by atoms with Crippen molar-refractivity contribution in [1.29, 1.82) is 0 Å². The Morgan fingerprint density at radius 3 is 2.54 bits per heavy atom. The number of rotatable bonds is 3. The average molecular weight is 355 g/mol. The average Bonchev–Trinajstić information content (AvgIpc) is 2.63. The minimum atomic E-state index is -0.292. The monoisotopic (exact) mass is 355 g/mol. The molecule has 2 aromatic rings. The van der Waals surface area contributed by atoms with Crippen molar-refractivity contribution in [3.8, 4) is 11.3 Å². The first-order chi connectivity index (χ1) is 12.5. The lowest BCUT2D eigenvalue weighted by Crippen LogP contribution is -2.60. The first-order valence-electron chi connectivity index (χ1n) is 8.92. The molecule has 2 saturated heterocycles. The Kier molecular flexibility index (Phi) is 4.36. The van der Waals surface area contributed by atoms with Gasteiger partial charge in [-0.15, -0.1) is 0 Å². The summed E-state index contributed by atoms with van der Waals surface area (Å²) in [6.07, 6.45) is 2.24. The molecule has 1 aromatic carbocycles. The predicted octanol–water partition coefficient (Wildman–Crippen LogP) is 2.65. The van der Waals surface area contributed by atoms with Gasteiger partial charge in [0.2, 0.25) is 5.91 Å². The zero-order chi connectivity index (χ0) is 18.1. The van der Waals surface area contributed by atoms with Crippen molar-refractivity contribution >= 4 is 11.6 Å². The van der Waals surface area contributed by atoms with E-state index in [0.29, 0.717) is 17.1 Å². The maximum atomic E-state index is 13.1. The summed E-state index contributed by atoms with van der Waals surface area (Å²) in [6.45, 7) is 3.17. The van der Waals surface area contributed by atoms with Gasteiger partial charge in [-0.05, 0) is 49.2 Å². The van der Waals surface area contributed by atoms with Crippen LogP contribution in [0.25, 0.3) is 11.3 Å². The SMILES string of the molecule is Nc1ccc(-c2ccc(F)cc2)nc1CC(=O)N1CC2(CCOCC2)C1. The van der Waals surface area contributed by atoms with E-state index in [0.717, 1.165) is 44.7 Å². The number of aromatic nitrogens is 1. The van der Waals surface area contributed by atoms with Crippen molar-refractivity contribution in [2.45, 2.75) is 19.3 Å². The van der Waals surface area contributed by atoms with Crippen molar-refractivity contribution in [1.82, 2.24) is 9.88 Å². The summed E-state index contributed by atoms with van der Waals surface area (Å²) in [6, 6.07) is 9.67. The fourth-order valence-electron chi connectivity index (χ4n) is 3.75. The number of anilines is 1. The number of carbonyl (C=O) groups is 1. The highest BCUT2D eigenvalue weighted by molar-refractivity contribution is 5.81. The zero-order valence-electron chi connectivity index (χ0n) is 14.6. The summed E-state index contributed by atoms with van der Waals surface area (Å²) in [7, 11) is 0. The van der Waals surface area contributed by atoms with Crippen molar-refractivity contribution in [3.63, 3.8) is 0 Å². The maximum Gasteiger partial charge on any atom is 0.228 e. The number of hydrogen-bond acceptors (Lipinski definition) is 4. The van der Waals surface area contributed by atoms with E-state index in [1.165, 1.54) is 12.1 Å². The van der Waals surface area contributed by atoms with Crippen LogP contribution in [0.3, 0.4) is 0 Å². The third-order valence-corrected chi connectivity index (χ3v) is 5.43. The summed E-state index contributed by atoms with van der Waals surface area (Å²) in [4.78, 5) is 19.0. The van der Waals surface area contributed by atoms with Gasteiger partial charge < -0.3 is 15.4 Å². The van der Waals surface area contributed by atoms with E-state index >= 15 is 0 Å². The standard InChI is InChI=1S/C20H22FN3O2/c21-15-3-1-14(2-4-15)17-6-5-16(22)18(23-17)11-19(25)24-12-20(13-24)7-9-26-10-8-20/h1-6H,7-13,22H2. The van der Waals surface area contributed by atoms with E-state index < -0.39 is 0 Å². The van der Waals surface area contributed by atoms with Crippen molar-refractivity contribution in [2.24, 2.45) is 5.41 Å². The van der Waals surface area contributed by atoms with Crippen LogP contribution >= 0.6 is 0 Å². The molecule has 2 fully saturated rings. The molecule has 1 amide bonds. The topological polar surface area (TPSA) is 68.5 Å². The molecule has 0 radical (unpaired) electrons. The molecule has 2 aliphatic heterocycles. The number of pyridine rings is 1. The second-order valence-corrected chi connectivity index (χ2v) is 7.28. The van der Waals surface area contributed by atoms with Gasteiger partial charge in [-0.25, -0.2) is 4.39 Å². The van der Waals surface area contributed by atoms with Gasteiger partial charge in [0.15, 0.2) is 0 Å². The van der Waals surface area contributed by atoms with Gasteiger partial charge in [-0.2, -0.15) is 0 Å². The quantitative estimate of drug-likeness (QED) is 0.919. The molecule has 136 valence electrons. The number of nitrogen functional groups attached to an aromatic ring is 1. The number of benzene rings is 1. The molecule has 26 heavy (non-hydrogen) atoms. The van der Waals surface area contributed by atoms with Gasteiger partial charge >= 0.3 is 0 Å². The fraction of sp³-hybridized carbons (Fsp3) is 0.400. The molecular weight excluding hydrogens is 333 g/mol. The summed E-state index contributed by atoms with van der Waals surface area (Å²) in [5, 5.41) is 0. The number of nitrogens with zero attached hydrogens (tertiary/aromatic N) is 2. The van der Waals surface area contributed by atoms with Crippen LogP contribution in [0.15, 0.2) is 36.4 Å². The van der Waals surface area contributed by atoms with Gasteiger partial charge in [0.25, 0.3) is 0 Å². The number of hydrogen-bond donors (Lipinski definition) is 1. The molecule has 4 rings (SSSR count). The van der Waals surface area contributed by atoms with E-state index in [1.54, 1.807) is 24.3 Å². The predicted molar refractivity (Wildman–Crippen MR) is 96.8 cm³/mol. The molecule has 2 aliphatic rings. The Hall–Kier alpha value is -2.47. The molecule has 1 spiro atoms. The summed E-state index contributed by atoms with van der Waals surface area (Å²) >= 11 is 0. The molecule has 1 aromatic heterocycles. The van der Waals surface area contributed by atoms with E-state index in [9.17, 15) is 9.18 Å². The van der Waals surface area contributed by atoms with Gasteiger partial charge in [0.1, 0.15) is 5.82 Å². The minimum Gasteiger partial charge on any atom is -0.397 e. The molecule has 0 bridgehead atoms. The lowest BCUT2D eigenvalue weighted by molar-refractivity contribution is -0.149. The van der Waals surface area contributed by atoms with E-state index in [1.807, 2.05) is 4.90 Å². The number of carbonyl (C=O) groups excluding carboxylic acids is 1. The highest BCUT2D eigenvalue weighted by Crippen LogP contribution is 2.40. The van der Waals surface area contributed by atoms with Crippen LogP contribution in [-0.4, -0.2) is 42.1 Å². The summed E-state index contributed by atoms with van der Waals surface area (Å²) in [5.74, 6) is -0.239. The zero-order valence-corrected chi connectivity index (χ0v) is 14.6. The Morgan fingerprint density at radius 2 is 1.85 bits per heavy atom. The van der Waals surface area contributed by atoms with Gasteiger partial charge in [-0.3, -0.25) is 9.78 Å². The Labute approximate surface area is 152 Å². The van der Waals surface area contributed by atoms with Crippen LogP contribution in [0.1, 0.15) is 18.5 Å². The lowest BCUT2D eigenvalue weighted by Gasteiger charge is -2.52. The highest BCUT2D eigenvalue weighted by Gasteiger charge is 2.45. The maximum absolute atomic E-state index is 13.1. The highest BCUT2D eigenvalue weighted by atomic mass is 19.1. The Bertz CT molecular complexity index is 808. The molecule has 0 saturated carbocycles. The van der Waals surface area contributed by atoms with Gasteiger partial charge in [-0.1, -0.05) is 0 Å². The smallest absolute Gasteiger partial charge is 0.228 e. The first kappa shape index (κ1) is 17.0. The third-order valence-electron chi connectivity index (χ3n) is 5.43. The largest absolute Gasteiger partial charge is 0.397 e. The van der Waals surface area contributed by atoms with Crippen LogP contribution < -0.4 is 5.73 Å².